The summed E-state index contributed by atoms with van der Waals surface area (Å²) in [5.41, 5.74) is 3.93. The average Bonchev–Trinajstić information content (AvgIpc) is 2.92. The van der Waals surface area contributed by atoms with Crippen LogP contribution in [0.15, 0.2) is 23.7 Å². The standard InChI is InChI=1S/C12H10ClN3S2/c1-7-11(17-6-15-7)5-14-12-16-9-3-2-8(13)4-10(9)18-12/h2-4,6H,5H2,1H3,(H,14,16). The number of nitrogens with one attached hydrogen (secondary N) is 1. The minimum atomic E-state index is 0.746. The normalized spacial score (nSPS) is 11.0. The van der Waals surface area contributed by atoms with Crippen molar-refractivity contribution < 1.29 is 0 Å². The van der Waals surface area contributed by atoms with Gasteiger partial charge in [0.2, 0.25) is 0 Å². The van der Waals surface area contributed by atoms with Crippen LogP contribution in [0, 0.1) is 6.92 Å². The number of hydrogen-bond acceptors (Lipinski definition) is 5. The van der Waals surface area contributed by atoms with Gasteiger partial charge in [0.1, 0.15) is 0 Å². The van der Waals surface area contributed by atoms with E-state index in [1.54, 1.807) is 22.7 Å². The SMILES string of the molecule is Cc1ncsc1CNc1nc2ccc(Cl)cc2s1. The molecule has 0 saturated heterocycles. The van der Waals surface area contributed by atoms with E-state index in [2.05, 4.69) is 15.3 Å². The van der Waals surface area contributed by atoms with E-state index in [-0.39, 0.29) is 0 Å². The van der Waals surface area contributed by atoms with Gasteiger partial charge in [-0.3, -0.25) is 0 Å². The molecule has 92 valence electrons. The molecular weight excluding hydrogens is 286 g/mol. The Morgan fingerprint density at radius 2 is 2.28 bits per heavy atom. The summed E-state index contributed by atoms with van der Waals surface area (Å²) in [6, 6.07) is 5.75. The summed E-state index contributed by atoms with van der Waals surface area (Å²) in [5, 5.41) is 4.99. The van der Waals surface area contributed by atoms with Crippen molar-refractivity contribution in [1.82, 2.24) is 9.97 Å². The van der Waals surface area contributed by atoms with Gasteiger partial charge in [0.15, 0.2) is 5.13 Å². The quantitative estimate of drug-likeness (QED) is 0.781. The monoisotopic (exact) mass is 295 g/mol. The van der Waals surface area contributed by atoms with E-state index in [0.717, 1.165) is 32.6 Å². The number of aryl methyl sites for hydroxylation is 1. The predicted octanol–water partition coefficient (Wildman–Crippen LogP) is 4.33. The van der Waals surface area contributed by atoms with E-state index in [1.165, 1.54) is 4.88 Å². The zero-order valence-corrected chi connectivity index (χ0v) is 12.0. The van der Waals surface area contributed by atoms with Crippen LogP contribution in [0.4, 0.5) is 5.13 Å². The maximum Gasteiger partial charge on any atom is 0.184 e. The minimum Gasteiger partial charge on any atom is -0.357 e. The third-order valence-corrected chi connectivity index (χ3v) is 4.74. The van der Waals surface area contributed by atoms with Crippen molar-refractivity contribution in [3.05, 3.63) is 39.3 Å². The molecule has 0 saturated carbocycles. The summed E-state index contributed by atoms with van der Waals surface area (Å²) in [4.78, 5) is 9.99. The second-order valence-electron chi connectivity index (χ2n) is 3.85. The van der Waals surface area contributed by atoms with Gasteiger partial charge >= 0.3 is 0 Å². The molecule has 18 heavy (non-hydrogen) atoms. The largest absolute Gasteiger partial charge is 0.357 e. The summed E-state index contributed by atoms with van der Waals surface area (Å²) in [5.74, 6) is 0. The van der Waals surface area contributed by atoms with Crippen LogP contribution in [0.2, 0.25) is 5.02 Å². The lowest BCUT2D eigenvalue weighted by molar-refractivity contribution is 1.12. The molecule has 0 spiro atoms. The maximum absolute atomic E-state index is 5.96. The zero-order valence-electron chi connectivity index (χ0n) is 9.61. The highest BCUT2D eigenvalue weighted by atomic mass is 35.5. The molecule has 0 bridgehead atoms. The van der Waals surface area contributed by atoms with Gasteiger partial charge in [0.05, 0.1) is 28.0 Å². The fourth-order valence-corrected chi connectivity index (χ4v) is 3.48. The summed E-state index contributed by atoms with van der Waals surface area (Å²) in [6.45, 7) is 2.79. The van der Waals surface area contributed by atoms with Crippen molar-refractivity contribution in [3.63, 3.8) is 0 Å². The molecule has 0 atom stereocenters. The topological polar surface area (TPSA) is 37.8 Å². The van der Waals surface area contributed by atoms with Crippen LogP contribution in [-0.2, 0) is 6.54 Å². The van der Waals surface area contributed by atoms with E-state index in [1.807, 2.05) is 30.6 Å². The van der Waals surface area contributed by atoms with E-state index in [4.69, 9.17) is 11.6 Å². The Morgan fingerprint density at radius 1 is 1.39 bits per heavy atom. The summed E-state index contributed by atoms with van der Waals surface area (Å²) in [6.07, 6.45) is 0. The van der Waals surface area contributed by atoms with Gasteiger partial charge in [0, 0.05) is 9.90 Å². The lowest BCUT2D eigenvalue weighted by Gasteiger charge is -1.99. The first-order chi connectivity index (χ1) is 8.72. The third-order valence-electron chi connectivity index (χ3n) is 2.60. The van der Waals surface area contributed by atoms with Crippen LogP contribution in [-0.4, -0.2) is 9.97 Å². The number of hydrogen-bond donors (Lipinski definition) is 1. The Bertz CT molecular complexity index is 690. The maximum atomic E-state index is 5.96. The number of halogens is 1. The van der Waals surface area contributed by atoms with Gasteiger partial charge in [-0.2, -0.15) is 0 Å². The molecule has 3 aromatic rings. The second-order valence-corrected chi connectivity index (χ2v) is 6.25. The van der Waals surface area contributed by atoms with Crippen LogP contribution in [0.1, 0.15) is 10.6 Å². The Morgan fingerprint density at radius 3 is 3.06 bits per heavy atom. The molecule has 0 aliphatic rings. The molecule has 2 aromatic heterocycles. The molecule has 3 rings (SSSR count). The zero-order chi connectivity index (χ0) is 12.5. The first-order valence-electron chi connectivity index (χ1n) is 5.41. The molecule has 2 heterocycles. The Kier molecular flexibility index (Phi) is 3.20. The number of fused-ring (bicyclic) bond motifs is 1. The Hall–Kier alpha value is -1.17. The van der Waals surface area contributed by atoms with Gasteiger partial charge in [-0.05, 0) is 25.1 Å². The van der Waals surface area contributed by atoms with E-state index in [9.17, 15) is 0 Å². The number of benzene rings is 1. The average molecular weight is 296 g/mol. The van der Waals surface area contributed by atoms with Gasteiger partial charge in [-0.25, -0.2) is 9.97 Å². The molecule has 0 fully saturated rings. The van der Waals surface area contributed by atoms with Crippen molar-refractivity contribution in [2.24, 2.45) is 0 Å². The van der Waals surface area contributed by atoms with Crippen LogP contribution in [0.5, 0.6) is 0 Å². The lowest BCUT2D eigenvalue weighted by Crippen LogP contribution is -1.98. The van der Waals surface area contributed by atoms with E-state index in [0.29, 0.717) is 0 Å². The van der Waals surface area contributed by atoms with Crippen molar-refractivity contribution >= 4 is 49.6 Å². The van der Waals surface area contributed by atoms with Crippen molar-refractivity contribution in [1.29, 1.82) is 0 Å². The minimum absolute atomic E-state index is 0.746. The van der Waals surface area contributed by atoms with E-state index < -0.39 is 0 Å². The van der Waals surface area contributed by atoms with Crippen molar-refractivity contribution in [2.75, 3.05) is 5.32 Å². The summed E-state index contributed by atoms with van der Waals surface area (Å²) >= 11 is 9.24. The van der Waals surface area contributed by atoms with Gasteiger partial charge in [-0.1, -0.05) is 22.9 Å². The van der Waals surface area contributed by atoms with Crippen molar-refractivity contribution in [3.8, 4) is 0 Å². The molecular formula is C12H10ClN3S2. The number of rotatable bonds is 3. The third kappa shape index (κ3) is 2.34. The molecule has 1 N–H and O–H groups in total. The molecule has 6 heteroatoms. The van der Waals surface area contributed by atoms with Gasteiger partial charge in [0.25, 0.3) is 0 Å². The molecule has 0 aliphatic carbocycles. The fourth-order valence-electron chi connectivity index (χ4n) is 1.63. The number of aromatic nitrogens is 2. The number of thiazole rings is 2. The first-order valence-corrected chi connectivity index (χ1v) is 7.49. The molecule has 0 aliphatic heterocycles. The molecule has 0 unspecified atom stereocenters. The van der Waals surface area contributed by atoms with Crippen LogP contribution >= 0.6 is 34.3 Å². The Labute approximate surface area is 117 Å². The van der Waals surface area contributed by atoms with Crippen LogP contribution in [0.3, 0.4) is 0 Å². The number of nitrogens with zero attached hydrogens (tertiary/aromatic N) is 2. The van der Waals surface area contributed by atoms with Crippen LogP contribution in [0.25, 0.3) is 10.2 Å². The van der Waals surface area contributed by atoms with Crippen molar-refractivity contribution in [2.45, 2.75) is 13.5 Å². The predicted molar refractivity (Wildman–Crippen MR) is 78.8 cm³/mol. The van der Waals surface area contributed by atoms with Crippen LogP contribution < -0.4 is 5.32 Å². The summed E-state index contributed by atoms with van der Waals surface area (Å²) < 4.78 is 1.10. The van der Waals surface area contributed by atoms with E-state index >= 15 is 0 Å². The fraction of sp³-hybridized carbons (Fsp3) is 0.167. The lowest BCUT2D eigenvalue weighted by atomic mass is 10.3. The van der Waals surface area contributed by atoms with Gasteiger partial charge in [-0.15, -0.1) is 11.3 Å². The van der Waals surface area contributed by atoms with Gasteiger partial charge < -0.3 is 5.32 Å². The smallest absolute Gasteiger partial charge is 0.184 e. The molecule has 0 radical (unpaired) electrons. The summed E-state index contributed by atoms with van der Waals surface area (Å²) in [7, 11) is 0. The highest BCUT2D eigenvalue weighted by Crippen LogP contribution is 2.28. The molecule has 0 amide bonds. The molecule has 3 nitrogen and oxygen atoms in total. The molecule has 1 aromatic carbocycles. The first kappa shape index (κ1) is 11.9. The highest BCUT2D eigenvalue weighted by Gasteiger charge is 2.06. The Balaban J connectivity index is 1.81. The second kappa shape index (κ2) is 4.84. The number of anilines is 1. The highest BCUT2D eigenvalue weighted by molar-refractivity contribution is 7.22.